The Morgan fingerprint density at radius 1 is 1.32 bits per heavy atom. The van der Waals surface area contributed by atoms with Crippen molar-refractivity contribution in [1.29, 1.82) is 0 Å². The number of anilines is 1. The van der Waals surface area contributed by atoms with Crippen LogP contribution >= 0.6 is 15.9 Å². The van der Waals surface area contributed by atoms with Crippen molar-refractivity contribution in [1.82, 2.24) is 5.32 Å². The minimum absolute atomic E-state index is 0.0318. The molecule has 4 nitrogen and oxygen atoms in total. The van der Waals surface area contributed by atoms with Gasteiger partial charge in [0.25, 0.3) is 0 Å². The summed E-state index contributed by atoms with van der Waals surface area (Å²) in [6.07, 6.45) is 0.664. The van der Waals surface area contributed by atoms with Gasteiger partial charge < -0.3 is 10.2 Å². The van der Waals surface area contributed by atoms with Crippen LogP contribution in [0.3, 0.4) is 0 Å². The molecule has 0 radical (unpaired) electrons. The maximum atomic E-state index is 12.4. The summed E-state index contributed by atoms with van der Waals surface area (Å²) in [6.45, 7) is 4.17. The molecule has 0 saturated carbocycles. The Hall–Kier alpha value is -1.36. The number of hydrogen-bond donors (Lipinski definition) is 1. The van der Waals surface area contributed by atoms with E-state index in [9.17, 15) is 9.59 Å². The van der Waals surface area contributed by atoms with Gasteiger partial charge in [0.2, 0.25) is 11.8 Å². The molecule has 1 saturated heterocycles. The molecule has 1 aliphatic rings. The number of carbonyl (C=O) groups is 2. The molecule has 2 amide bonds. The lowest BCUT2D eigenvalue weighted by atomic mass is 10.0. The van der Waals surface area contributed by atoms with E-state index in [-0.39, 0.29) is 18.4 Å². The van der Waals surface area contributed by atoms with E-state index in [4.69, 9.17) is 0 Å². The molecule has 19 heavy (non-hydrogen) atoms. The zero-order valence-corrected chi connectivity index (χ0v) is 12.6. The van der Waals surface area contributed by atoms with Gasteiger partial charge >= 0.3 is 0 Å². The molecule has 1 heterocycles. The van der Waals surface area contributed by atoms with Crippen molar-refractivity contribution in [2.24, 2.45) is 5.92 Å². The highest BCUT2D eigenvalue weighted by Gasteiger charge is 2.33. The molecule has 5 heteroatoms. The second-order valence-corrected chi connectivity index (χ2v) is 6.07. The van der Waals surface area contributed by atoms with Crippen LogP contribution in [0.2, 0.25) is 0 Å². The van der Waals surface area contributed by atoms with Crippen LogP contribution in [0.25, 0.3) is 0 Å². The fourth-order valence-electron chi connectivity index (χ4n) is 2.18. The number of nitrogens with zero attached hydrogens (tertiary/aromatic N) is 1. The van der Waals surface area contributed by atoms with Crippen LogP contribution < -0.4 is 10.2 Å². The van der Waals surface area contributed by atoms with Crippen LogP contribution in [-0.2, 0) is 9.59 Å². The molecule has 1 aliphatic heterocycles. The summed E-state index contributed by atoms with van der Waals surface area (Å²) in [4.78, 5) is 25.7. The molecule has 1 atom stereocenters. The van der Waals surface area contributed by atoms with Crippen molar-refractivity contribution < 1.29 is 9.59 Å². The summed E-state index contributed by atoms with van der Waals surface area (Å²) in [5.41, 5.74) is 0.761. The van der Waals surface area contributed by atoms with Gasteiger partial charge in [-0.15, -0.1) is 0 Å². The molecule has 0 aromatic heterocycles. The molecule has 0 bridgehead atoms. The molecule has 0 spiro atoms. The predicted molar refractivity (Wildman–Crippen MR) is 77.9 cm³/mol. The average Bonchev–Trinajstić information content (AvgIpc) is 2.34. The highest BCUT2D eigenvalue weighted by molar-refractivity contribution is 9.10. The maximum absolute atomic E-state index is 12.4. The van der Waals surface area contributed by atoms with E-state index in [1.54, 1.807) is 4.90 Å². The van der Waals surface area contributed by atoms with Gasteiger partial charge in [-0.2, -0.15) is 0 Å². The summed E-state index contributed by atoms with van der Waals surface area (Å²) in [5.74, 6) is 0.225. The first-order valence-electron chi connectivity index (χ1n) is 6.33. The largest absolute Gasteiger partial charge is 0.343 e. The minimum atomic E-state index is -0.412. The summed E-state index contributed by atoms with van der Waals surface area (Å²) >= 11 is 3.36. The summed E-state index contributed by atoms with van der Waals surface area (Å²) in [5, 5.41) is 2.77. The number of carbonyl (C=O) groups excluding carboxylic acids is 2. The number of nitrogens with one attached hydrogen (secondary N) is 1. The van der Waals surface area contributed by atoms with Crippen LogP contribution in [0.1, 0.15) is 20.3 Å². The number of benzene rings is 1. The topological polar surface area (TPSA) is 49.4 Å². The predicted octanol–water partition coefficient (Wildman–Crippen LogP) is 2.33. The first-order valence-corrected chi connectivity index (χ1v) is 7.13. The van der Waals surface area contributed by atoms with Gasteiger partial charge in [0, 0.05) is 10.2 Å². The fraction of sp³-hybridized carbons (Fsp3) is 0.429. The van der Waals surface area contributed by atoms with Gasteiger partial charge in [-0.3, -0.25) is 9.59 Å². The lowest BCUT2D eigenvalue weighted by Gasteiger charge is -2.33. The molecule has 1 N–H and O–H groups in total. The molecule has 0 aliphatic carbocycles. The fourth-order valence-corrected chi connectivity index (χ4v) is 2.45. The smallest absolute Gasteiger partial charge is 0.250 e. The number of halogens is 1. The number of piperazine rings is 1. The third kappa shape index (κ3) is 3.35. The van der Waals surface area contributed by atoms with E-state index < -0.39 is 6.04 Å². The van der Waals surface area contributed by atoms with Gasteiger partial charge in [0.05, 0.1) is 0 Å². The van der Waals surface area contributed by atoms with Gasteiger partial charge in [-0.1, -0.05) is 29.8 Å². The third-order valence-corrected chi connectivity index (χ3v) is 3.58. The second kappa shape index (κ2) is 5.74. The average molecular weight is 325 g/mol. The van der Waals surface area contributed by atoms with E-state index in [0.29, 0.717) is 12.3 Å². The van der Waals surface area contributed by atoms with Crippen molar-refractivity contribution in [3.8, 4) is 0 Å². The molecule has 1 unspecified atom stereocenters. The lowest BCUT2D eigenvalue weighted by Crippen LogP contribution is -2.58. The Labute approximate surface area is 121 Å². The van der Waals surface area contributed by atoms with Crippen molar-refractivity contribution in [3.63, 3.8) is 0 Å². The highest BCUT2D eigenvalue weighted by Crippen LogP contribution is 2.22. The highest BCUT2D eigenvalue weighted by atomic mass is 79.9. The van der Waals surface area contributed by atoms with Crippen LogP contribution in [0.15, 0.2) is 28.7 Å². The zero-order chi connectivity index (χ0) is 14.0. The first-order chi connectivity index (χ1) is 8.97. The quantitative estimate of drug-likeness (QED) is 0.927. The van der Waals surface area contributed by atoms with Gasteiger partial charge in [0.15, 0.2) is 0 Å². The summed E-state index contributed by atoms with van der Waals surface area (Å²) < 4.78 is 0.948. The maximum Gasteiger partial charge on any atom is 0.250 e. The Morgan fingerprint density at radius 3 is 2.53 bits per heavy atom. The molecular formula is C14H17BrN2O2. The normalized spacial score (nSPS) is 19.8. The zero-order valence-electron chi connectivity index (χ0n) is 11.0. The second-order valence-electron chi connectivity index (χ2n) is 5.15. The third-order valence-electron chi connectivity index (χ3n) is 3.05. The van der Waals surface area contributed by atoms with E-state index in [2.05, 4.69) is 21.2 Å². The summed E-state index contributed by atoms with van der Waals surface area (Å²) in [6, 6.07) is 7.00. The molecule has 2 rings (SSSR count). The standard InChI is InChI=1S/C14H17BrN2O2/c1-9(2)7-12-14(19)17(8-13(18)16-12)11-5-3-10(15)4-6-11/h3-6,9,12H,7-8H2,1-2H3,(H,16,18). The number of amides is 2. The molecule has 102 valence electrons. The van der Waals surface area contributed by atoms with Crippen LogP contribution in [0.5, 0.6) is 0 Å². The number of hydrogen-bond acceptors (Lipinski definition) is 2. The minimum Gasteiger partial charge on any atom is -0.343 e. The van der Waals surface area contributed by atoms with Gasteiger partial charge in [-0.05, 0) is 36.6 Å². The number of rotatable bonds is 3. The lowest BCUT2D eigenvalue weighted by molar-refractivity contribution is -0.131. The molecule has 1 aromatic carbocycles. The van der Waals surface area contributed by atoms with Crippen molar-refractivity contribution >= 4 is 33.4 Å². The van der Waals surface area contributed by atoms with E-state index in [0.717, 1.165) is 10.2 Å². The van der Waals surface area contributed by atoms with E-state index in [1.165, 1.54) is 0 Å². The van der Waals surface area contributed by atoms with Crippen molar-refractivity contribution in [2.45, 2.75) is 26.3 Å². The van der Waals surface area contributed by atoms with Crippen LogP contribution in [0.4, 0.5) is 5.69 Å². The van der Waals surface area contributed by atoms with E-state index in [1.807, 2.05) is 38.1 Å². The summed E-state index contributed by atoms with van der Waals surface area (Å²) in [7, 11) is 0. The Balaban J connectivity index is 2.21. The van der Waals surface area contributed by atoms with Crippen LogP contribution in [-0.4, -0.2) is 24.4 Å². The Morgan fingerprint density at radius 2 is 1.95 bits per heavy atom. The molecule has 1 fully saturated rings. The monoisotopic (exact) mass is 324 g/mol. The Kier molecular flexibility index (Phi) is 4.24. The van der Waals surface area contributed by atoms with Crippen molar-refractivity contribution in [3.05, 3.63) is 28.7 Å². The SMILES string of the molecule is CC(C)CC1NC(=O)CN(c2ccc(Br)cc2)C1=O. The van der Waals surface area contributed by atoms with Crippen LogP contribution in [0, 0.1) is 5.92 Å². The molecular weight excluding hydrogens is 308 g/mol. The first kappa shape index (κ1) is 14.1. The van der Waals surface area contributed by atoms with Gasteiger partial charge in [0.1, 0.15) is 12.6 Å². The van der Waals surface area contributed by atoms with Crippen molar-refractivity contribution in [2.75, 3.05) is 11.4 Å². The van der Waals surface area contributed by atoms with E-state index >= 15 is 0 Å². The Bertz CT molecular complexity index is 485. The molecule has 1 aromatic rings. The van der Waals surface area contributed by atoms with Gasteiger partial charge in [-0.25, -0.2) is 0 Å².